The van der Waals surface area contributed by atoms with Crippen LogP contribution >= 0.6 is 23.2 Å². The van der Waals surface area contributed by atoms with Gasteiger partial charge in [-0.25, -0.2) is 4.39 Å². The van der Waals surface area contributed by atoms with Gasteiger partial charge in [-0.15, -0.1) is 0 Å². The van der Waals surface area contributed by atoms with Crippen molar-refractivity contribution in [2.75, 3.05) is 0 Å². The van der Waals surface area contributed by atoms with Crippen molar-refractivity contribution in [3.63, 3.8) is 0 Å². The van der Waals surface area contributed by atoms with Crippen LogP contribution in [0, 0.1) is 12.7 Å². The fourth-order valence-corrected chi connectivity index (χ4v) is 3.74. The first-order valence-electron chi connectivity index (χ1n) is 9.27. The van der Waals surface area contributed by atoms with E-state index in [0.717, 1.165) is 22.0 Å². The first kappa shape index (κ1) is 20.3. The van der Waals surface area contributed by atoms with Gasteiger partial charge in [-0.05, 0) is 54.5 Å². The lowest BCUT2D eigenvalue weighted by atomic mass is 9.92. The van der Waals surface area contributed by atoms with Gasteiger partial charge in [0.15, 0.2) is 5.78 Å². The highest BCUT2D eigenvalue weighted by Crippen LogP contribution is 2.34. The first-order valence-corrected chi connectivity index (χ1v) is 10.0. The van der Waals surface area contributed by atoms with Gasteiger partial charge in [-0.3, -0.25) is 9.78 Å². The number of fused-ring (bicyclic) bond motifs is 1. The Hall–Kier alpha value is -3.01. The highest BCUT2D eigenvalue weighted by Gasteiger charge is 2.18. The molecule has 2 nitrogen and oxygen atoms in total. The molecule has 5 heteroatoms. The molecule has 0 aliphatic heterocycles. The number of carbonyl (C=O) groups is 1. The molecule has 1 heterocycles. The van der Waals surface area contributed by atoms with Crippen molar-refractivity contribution in [2.24, 2.45) is 0 Å². The van der Waals surface area contributed by atoms with Crippen LogP contribution in [0.3, 0.4) is 0 Å². The van der Waals surface area contributed by atoms with Crippen LogP contribution in [0.2, 0.25) is 10.0 Å². The largest absolute Gasteiger partial charge is 0.289 e. The Kier molecular flexibility index (Phi) is 5.67. The lowest BCUT2D eigenvalue weighted by Crippen LogP contribution is -2.05. The maximum absolute atomic E-state index is 13.4. The fraction of sp³-hybridized carbons (Fsp3) is 0.0400. The number of carbonyl (C=O) groups excluding carboxylic acids is 1. The Balaban J connectivity index is 1.87. The molecule has 0 unspecified atom stereocenters. The summed E-state index contributed by atoms with van der Waals surface area (Å²) in [6, 6.07) is 19.4. The predicted octanol–water partition coefficient (Wildman–Crippen LogP) is 7.55. The van der Waals surface area contributed by atoms with Gasteiger partial charge in [0, 0.05) is 21.7 Å². The van der Waals surface area contributed by atoms with Crippen molar-refractivity contribution >= 4 is 46.0 Å². The van der Waals surface area contributed by atoms with Gasteiger partial charge >= 0.3 is 0 Å². The van der Waals surface area contributed by atoms with E-state index in [1.54, 1.807) is 24.3 Å². The van der Waals surface area contributed by atoms with Gasteiger partial charge in [-0.2, -0.15) is 0 Å². The van der Waals surface area contributed by atoms with E-state index in [1.165, 1.54) is 18.2 Å². The van der Waals surface area contributed by atoms with Crippen molar-refractivity contribution < 1.29 is 9.18 Å². The third-order valence-corrected chi connectivity index (χ3v) is 5.37. The van der Waals surface area contributed by atoms with Crippen LogP contribution in [0.25, 0.3) is 28.1 Å². The maximum Gasteiger partial charge on any atom is 0.188 e. The Morgan fingerprint density at radius 3 is 2.47 bits per heavy atom. The average molecular weight is 436 g/mol. The normalized spacial score (nSPS) is 11.3. The van der Waals surface area contributed by atoms with Crippen LogP contribution in [0.5, 0.6) is 0 Å². The molecule has 0 amide bonds. The Bertz CT molecular complexity index is 1300. The fourth-order valence-electron chi connectivity index (χ4n) is 3.42. The van der Waals surface area contributed by atoms with Crippen LogP contribution in [-0.4, -0.2) is 10.8 Å². The van der Waals surface area contributed by atoms with E-state index >= 15 is 0 Å². The molecule has 148 valence electrons. The van der Waals surface area contributed by atoms with Crippen molar-refractivity contribution in [2.45, 2.75) is 6.92 Å². The molecule has 0 N–H and O–H groups in total. The summed E-state index contributed by atoms with van der Waals surface area (Å²) in [6.45, 7) is 1.82. The number of ketones is 1. The van der Waals surface area contributed by atoms with E-state index in [-0.39, 0.29) is 10.8 Å². The summed E-state index contributed by atoms with van der Waals surface area (Å²) in [5.41, 5.74) is 4.27. The van der Waals surface area contributed by atoms with Gasteiger partial charge < -0.3 is 0 Å². The van der Waals surface area contributed by atoms with Crippen molar-refractivity contribution in [1.29, 1.82) is 0 Å². The van der Waals surface area contributed by atoms with Gasteiger partial charge in [-0.1, -0.05) is 65.7 Å². The number of para-hydroxylation sites is 1. The molecular weight excluding hydrogens is 420 g/mol. The van der Waals surface area contributed by atoms with Crippen molar-refractivity contribution in [3.05, 3.63) is 105 Å². The zero-order valence-corrected chi connectivity index (χ0v) is 17.5. The number of halogens is 3. The smallest absolute Gasteiger partial charge is 0.188 e. The number of hydrogen-bond acceptors (Lipinski definition) is 2. The van der Waals surface area contributed by atoms with Crippen LogP contribution in [-0.2, 0) is 0 Å². The van der Waals surface area contributed by atoms with E-state index < -0.39 is 5.82 Å². The minimum atomic E-state index is -0.500. The second kappa shape index (κ2) is 8.39. The van der Waals surface area contributed by atoms with E-state index in [0.29, 0.717) is 21.8 Å². The number of hydrogen-bond donors (Lipinski definition) is 0. The van der Waals surface area contributed by atoms with Crippen LogP contribution in [0.1, 0.15) is 21.6 Å². The number of pyridine rings is 1. The van der Waals surface area contributed by atoms with Gasteiger partial charge in [0.2, 0.25) is 0 Å². The summed E-state index contributed by atoms with van der Waals surface area (Å²) >= 11 is 11.9. The number of benzene rings is 3. The first-order chi connectivity index (χ1) is 14.4. The second-order valence-electron chi connectivity index (χ2n) is 6.84. The SMILES string of the molecule is Cc1nc2ccccc2c(-c2ccc(Cl)cc2)c1C(=O)C=Cc1ccc(F)c(Cl)c1. The molecule has 0 aliphatic carbocycles. The zero-order chi connectivity index (χ0) is 21.3. The van der Waals surface area contributed by atoms with Crippen LogP contribution < -0.4 is 0 Å². The Morgan fingerprint density at radius 1 is 1.00 bits per heavy atom. The molecule has 30 heavy (non-hydrogen) atoms. The van der Waals surface area contributed by atoms with Gasteiger partial charge in [0.25, 0.3) is 0 Å². The number of nitrogens with zero attached hydrogens (tertiary/aromatic N) is 1. The minimum absolute atomic E-state index is 0.00926. The summed E-state index contributed by atoms with van der Waals surface area (Å²) < 4.78 is 13.4. The highest BCUT2D eigenvalue weighted by molar-refractivity contribution is 6.31. The highest BCUT2D eigenvalue weighted by atomic mass is 35.5. The van der Waals surface area contributed by atoms with Gasteiger partial charge in [0.05, 0.1) is 16.1 Å². The van der Waals surface area contributed by atoms with E-state index in [4.69, 9.17) is 23.2 Å². The topological polar surface area (TPSA) is 30.0 Å². The van der Waals surface area contributed by atoms with Crippen LogP contribution in [0.4, 0.5) is 4.39 Å². The molecule has 0 spiro atoms. The summed E-state index contributed by atoms with van der Waals surface area (Å²) in [7, 11) is 0. The van der Waals surface area contributed by atoms with Crippen molar-refractivity contribution in [3.8, 4) is 11.1 Å². The number of aromatic nitrogens is 1. The molecule has 0 aliphatic rings. The van der Waals surface area contributed by atoms with E-state index in [2.05, 4.69) is 4.98 Å². The summed E-state index contributed by atoms with van der Waals surface area (Å²) in [5, 5.41) is 1.51. The van der Waals surface area contributed by atoms with Gasteiger partial charge in [0.1, 0.15) is 5.82 Å². The Morgan fingerprint density at radius 2 is 1.73 bits per heavy atom. The Labute approximate surface area is 183 Å². The number of allylic oxidation sites excluding steroid dienone is 1. The van der Waals surface area contributed by atoms with Crippen molar-refractivity contribution in [1.82, 2.24) is 4.98 Å². The molecular formula is C25H16Cl2FNO. The lowest BCUT2D eigenvalue weighted by Gasteiger charge is -2.14. The molecule has 0 radical (unpaired) electrons. The van der Waals surface area contributed by atoms with Crippen LogP contribution in [0.15, 0.2) is 72.8 Å². The summed E-state index contributed by atoms with van der Waals surface area (Å²) in [6.07, 6.45) is 3.08. The summed E-state index contributed by atoms with van der Waals surface area (Å²) in [5.74, 6) is -0.698. The predicted molar refractivity (Wildman–Crippen MR) is 122 cm³/mol. The standard InChI is InChI=1S/C25H16Cl2FNO/c1-15-24(23(30)13-7-16-6-12-21(28)20(27)14-16)25(17-8-10-18(26)11-9-17)19-4-2-3-5-22(19)29-15/h2-14H,1H3. The monoisotopic (exact) mass is 435 g/mol. The minimum Gasteiger partial charge on any atom is -0.289 e. The lowest BCUT2D eigenvalue weighted by molar-refractivity contribution is 0.104. The average Bonchev–Trinajstić information content (AvgIpc) is 2.74. The molecule has 0 saturated heterocycles. The molecule has 0 saturated carbocycles. The van der Waals surface area contributed by atoms with E-state index in [9.17, 15) is 9.18 Å². The second-order valence-corrected chi connectivity index (χ2v) is 7.69. The molecule has 0 atom stereocenters. The number of aryl methyl sites for hydroxylation is 1. The number of rotatable bonds is 4. The third-order valence-electron chi connectivity index (χ3n) is 4.82. The maximum atomic E-state index is 13.4. The molecule has 3 aromatic carbocycles. The van der Waals surface area contributed by atoms with E-state index in [1.807, 2.05) is 43.3 Å². The molecule has 0 bridgehead atoms. The third kappa shape index (κ3) is 4.00. The molecule has 4 aromatic rings. The molecule has 0 fully saturated rings. The summed E-state index contributed by atoms with van der Waals surface area (Å²) in [4.78, 5) is 17.9. The zero-order valence-electron chi connectivity index (χ0n) is 16.0. The molecule has 4 rings (SSSR count). The molecule has 1 aromatic heterocycles. The quantitative estimate of drug-likeness (QED) is 0.244.